The molecule has 0 aliphatic rings. The van der Waals surface area contributed by atoms with Crippen LogP contribution in [0.15, 0.2) is 0 Å². The van der Waals surface area contributed by atoms with Crippen molar-refractivity contribution in [2.75, 3.05) is 0 Å². The predicted octanol–water partition coefficient (Wildman–Crippen LogP) is -2.17. The van der Waals surface area contributed by atoms with Crippen LogP contribution in [0.4, 0.5) is 0 Å². The zero-order chi connectivity index (χ0) is 15.9. The molecular formula is C10H11O10-. The summed E-state index contributed by atoms with van der Waals surface area (Å²) in [6.45, 7) is 0. The minimum absolute atomic E-state index is 0.767. The average molecular weight is 291 g/mol. The van der Waals surface area contributed by atoms with E-state index in [9.17, 15) is 29.1 Å². The molecule has 0 saturated carbocycles. The summed E-state index contributed by atoms with van der Waals surface area (Å²) in [7, 11) is 0. The first kappa shape index (κ1) is 17.4. The third kappa shape index (κ3) is 5.80. The summed E-state index contributed by atoms with van der Waals surface area (Å²) in [6, 6.07) is 0. The molecule has 0 amide bonds. The lowest BCUT2D eigenvalue weighted by molar-refractivity contribution is -0.305. The Bertz CT molecular complexity index is 421. The third-order valence-electron chi connectivity index (χ3n) is 2.11. The van der Waals surface area contributed by atoms with Crippen molar-refractivity contribution >= 4 is 29.8 Å². The second-order valence-electron chi connectivity index (χ2n) is 3.79. The molecule has 0 saturated heterocycles. The molecule has 0 heterocycles. The summed E-state index contributed by atoms with van der Waals surface area (Å²) in [6.07, 6.45) is -4.08. The van der Waals surface area contributed by atoms with Gasteiger partial charge in [0.1, 0.15) is 0 Å². The van der Waals surface area contributed by atoms with E-state index in [4.69, 9.17) is 15.3 Å². The molecule has 0 radical (unpaired) electrons. The Morgan fingerprint density at radius 1 is 0.900 bits per heavy atom. The molecule has 0 aromatic heterocycles. The minimum Gasteiger partial charge on any atom is -0.550 e. The van der Waals surface area contributed by atoms with Crippen LogP contribution in [0.5, 0.6) is 0 Å². The van der Waals surface area contributed by atoms with E-state index < -0.39 is 61.1 Å². The maximum atomic E-state index is 11.3. The fourth-order valence-electron chi connectivity index (χ4n) is 1.29. The zero-order valence-corrected chi connectivity index (χ0v) is 10.0. The van der Waals surface area contributed by atoms with Gasteiger partial charge in [-0.3, -0.25) is 14.4 Å². The van der Waals surface area contributed by atoms with E-state index in [0.29, 0.717) is 0 Å². The fourth-order valence-corrected chi connectivity index (χ4v) is 1.29. The number of carbonyl (C=O) groups is 5. The van der Waals surface area contributed by atoms with Crippen molar-refractivity contribution < 1.29 is 49.1 Å². The average Bonchev–Trinajstić information content (AvgIpc) is 2.23. The van der Waals surface area contributed by atoms with Gasteiger partial charge in [0.2, 0.25) is 5.60 Å². The Morgan fingerprint density at radius 3 is 1.65 bits per heavy atom. The molecule has 0 fully saturated rings. The Hall–Kier alpha value is -2.65. The second kappa shape index (κ2) is 7.07. The largest absolute Gasteiger partial charge is 0.550 e. The van der Waals surface area contributed by atoms with Crippen LogP contribution < -0.4 is 5.11 Å². The smallest absolute Gasteiger partial charge is 0.349 e. The minimum atomic E-state index is -2.79. The number of carboxylic acid groups (broad SMARTS) is 4. The highest BCUT2D eigenvalue weighted by atomic mass is 16.6. The maximum absolute atomic E-state index is 11.3. The Balaban J connectivity index is 5.12. The molecule has 0 aromatic rings. The lowest BCUT2D eigenvalue weighted by atomic mass is 9.95. The zero-order valence-electron chi connectivity index (χ0n) is 10.0. The molecule has 0 rings (SSSR count). The Labute approximate surface area is 111 Å². The van der Waals surface area contributed by atoms with Crippen molar-refractivity contribution in [1.29, 1.82) is 0 Å². The van der Waals surface area contributed by atoms with E-state index in [1.165, 1.54) is 0 Å². The first-order valence-electron chi connectivity index (χ1n) is 5.18. The topological polar surface area (TPSA) is 178 Å². The quantitative estimate of drug-likeness (QED) is 0.396. The summed E-state index contributed by atoms with van der Waals surface area (Å²) in [5.74, 6) is -8.29. The molecule has 20 heavy (non-hydrogen) atoms. The van der Waals surface area contributed by atoms with Crippen LogP contribution in [-0.2, 0) is 28.7 Å². The highest BCUT2D eigenvalue weighted by molar-refractivity contribution is 5.91. The number of esters is 1. The highest BCUT2D eigenvalue weighted by Crippen LogP contribution is 2.23. The molecule has 0 aromatic carbocycles. The van der Waals surface area contributed by atoms with Gasteiger partial charge in [-0.05, 0) is 6.42 Å². The van der Waals surface area contributed by atoms with Gasteiger partial charge in [-0.25, -0.2) is 4.79 Å². The van der Waals surface area contributed by atoms with Crippen LogP contribution in [0.25, 0.3) is 0 Å². The van der Waals surface area contributed by atoms with Crippen LogP contribution in [0.1, 0.15) is 25.7 Å². The van der Waals surface area contributed by atoms with E-state index in [2.05, 4.69) is 4.74 Å². The second-order valence-corrected chi connectivity index (χ2v) is 3.79. The molecule has 3 N–H and O–H groups in total. The van der Waals surface area contributed by atoms with E-state index in [1.54, 1.807) is 0 Å². The van der Waals surface area contributed by atoms with Gasteiger partial charge >= 0.3 is 23.9 Å². The normalized spacial score (nSPS) is 10.6. The lowest BCUT2D eigenvalue weighted by Gasteiger charge is -2.26. The molecule has 0 bridgehead atoms. The fraction of sp³-hybridized carbons (Fsp3) is 0.500. The van der Waals surface area contributed by atoms with E-state index >= 15 is 0 Å². The van der Waals surface area contributed by atoms with Gasteiger partial charge in [0.25, 0.3) is 0 Å². The number of carboxylic acids is 4. The van der Waals surface area contributed by atoms with Gasteiger partial charge in [-0.2, -0.15) is 0 Å². The van der Waals surface area contributed by atoms with Crippen LogP contribution in [0.2, 0.25) is 0 Å². The van der Waals surface area contributed by atoms with Crippen molar-refractivity contribution in [1.82, 2.24) is 0 Å². The summed E-state index contributed by atoms with van der Waals surface area (Å²) in [5.41, 5.74) is -2.79. The van der Waals surface area contributed by atoms with Gasteiger partial charge in [0.15, 0.2) is 0 Å². The van der Waals surface area contributed by atoms with E-state index in [0.717, 1.165) is 0 Å². The van der Waals surface area contributed by atoms with Gasteiger partial charge in [0, 0.05) is 5.97 Å². The maximum Gasteiger partial charge on any atom is 0.349 e. The van der Waals surface area contributed by atoms with Crippen LogP contribution in [0, 0.1) is 0 Å². The van der Waals surface area contributed by atoms with Gasteiger partial charge in [0.05, 0.1) is 19.3 Å². The van der Waals surface area contributed by atoms with Crippen molar-refractivity contribution in [3.8, 4) is 0 Å². The summed E-state index contributed by atoms with van der Waals surface area (Å²) >= 11 is 0. The lowest BCUT2D eigenvalue weighted by Crippen LogP contribution is -2.47. The highest BCUT2D eigenvalue weighted by Gasteiger charge is 2.47. The van der Waals surface area contributed by atoms with Gasteiger partial charge in [-0.15, -0.1) is 0 Å². The third-order valence-corrected chi connectivity index (χ3v) is 2.11. The monoisotopic (exact) mass is 291 g/mol. The summed E-state index contributed by atoms with van der Waals surface area (Å²) < 4.78 is 4.38. The van der Waals surface area contributed by atoms with Crippen molar-refractivity contribution in [3.63, 3.8) is 0 Å². The number of hydrogen-bond donors (Lipinski definition) is 3. The Morgan fingerprint density at radius 2 is 1.35 bits per heavy atom. The summed E-state index contributed by atoms with van der Waals surface area (Å²) in [5, 5.41) is 36.2. The molecule has 0 aliphatic heterocycles. The first-order chi connectivity index (χ1) is 9.09. The van der Waals surface area contributed by atoms with Crippen molar-refractivity contribution in [3.05, 3.63) is 0 Å². The predicted molar refractivity (Wildman–Crippen MR) is 55.2 cm³/mol. The molecule has 10 heteroatoms. The van der Waals surface area contributed by atoms with Gasteiger partial charge in [-0.1, -0.05) is 0 Å². The molecule has 0 aliphatic carbocycles. The number of hydrogen-bond acceptors (Lipinski definition) is 7. The molecule has 10 nitrogen and oxygen atoms in total. The van der Waals surface area contributed by atoms with Crippen molar-refractivity contribution in [2.45, 2.75) is 31.3 Å². The van der Waals surface area contributed by atoms with E-state index in [-0.39, 0.29) is 0 Å². The Kier molecular flexibility index (Phi) is 6.13. The molecule has 0 spiro atoms. The molecule has 0 atom stereocenters. The number of ether oxygens (including phenoxy) is 1. The number of aliphatic carboxylic acids is 4. The number of rotatable bonds is 9. The van der Waals surface area contributed by atoms with Crippen LogP contribution >= 0.6 is 0 Å². The molecule has 112 valence electrons. The molecule has 0 unspecified atom stereocenters. The van der Waals surface area contributed by atoms with E-state index in [1.807, 2.05) is 0 Å². The van der Waals surface area contributed by atoms with Gasteiger partial charge < -0.3 is 30.0 Å². The molecular weight excluding hydrogens is 280 g/mol. The van der Waals surface area contributed by atoms with Crippen LogP contribution in [0.3, 0.4) is 0 Å². The first-order valence-corrected chi connectivity index (χ1v) is 5.18. The SMILES string of the molecule is O=C([O-])CCC(=O)OC(CC(=O)O)(CC(=O)O)C(=O)O. The standard InChI is InChI=1S/C10H12O10/c11-5(12)1-2-8(17)20-10(9(18)19,3-6(13)14)4-7(15)16/h1-4H2,(H,11,12)(H,13,14)(H,15,16)(H,18,19)/p-1. The van der Waals surface area contributed by atoms with Crippen molar-refractivity contribution in [2.24, 2.45) is 0 Å². The number of carbonyl (C=O) groups excluding carboxylic acids is 2. The summed E-state index contributed by atoms with van der Waals surface area (Å²) in [4.78, 5) is 53.6. The van der Waals surface area contributed by atoms with Crippen LogP contribution in [-0.4, -0.2) is 50.8 Å².